The average molecular weight is 300 g/mol. The van der Waals surface area contributed by atoms with Crippen molar-refractivity contribution >= 4 is 27.6 Å². The molecule has 1 heterocycles. The van der Waals surface area contributed by atoms with Crippen molar-refractivity contribution < 1.29 is 14.0 Å². The van der Waals surface area contributed by atoms with Crippen LogP contribution in [0.4, 0.5) is 4.39 Å². The smallest absolute Gasteiger partial charge is 0.254 e. The number of nitrogens with zero attached hydrogens (tertiary/aromatic N) is 1. The fourth-order valence-electron chi connectivity index (χ4n) is 1.82. The molecule has 1 aliphatic heterocycles. The quantitative estimate of drug-likeness (QED) is 0.798. The predicted molar refractivity (Wildman–Crippen MR) is 64.2 cm³/mol. The first-order chi connectivity index (χ1) is 8.08. The molecular formula is C12H11BrFNO2. The number of ketones is 1. The minimum Gasteiger partial charge on any atom is -0.331 e. The zero-order valence-corrected chi connectivity index (χ0v) is 10.7. The standard InChI is InChI=1S/C12H11BrFNO2/c13-10-6-8(3-4-11(10)14)12(17)15-5-1-2-9(16)7-15/h3-4,6H,1-2,5,7H2. The summed E-state index contributed by atoms with van der Waals surface area (Å²) in [5, 5.41) is 0. The van der Waals surface area contributed by atoms with E-state index in [1.165, 1.54) is 23.1 Å². The molecule has 1 aromatic rings. The molecule has 0 radical (unpaired) electrons. The minimum atomic E-state index is -0.406. The van der Waals surface area contributed by atoms with Gasteiger partial charge in [-0.25, -0.2) is 4.39 Å². The Hall–Kier alpha value is -1.23. The molecular weight excluding hydrogens is 289 g/mol. The SMILES string of the molecule is O=C1CCCN(C(=O)c2ccc(F)c(Br)c2)C1. The van der Waals surface area contributed by atoms with Gasteiger partial charge in [0.2, 0.25) is 0 Å². The highest BCUT2D eigenvalue weighted by Gasteiger charge is 2.22. The van der Waals surface area contributed by atoms with Gasteiger partial charge in [-0.15, -0.1) is 0 Å². The van der Waals surface area contributed by atoms with Crippen LogP contribution < -0.4 is 0 Å². The van der Waals surface area contributed by atoms with Crippen LogP contribution in [0.5, 0.6) is 0 Å². The highest BCUT2D eigenvalue weighted by atomic mass is 79.9. The molecule has 0 N–H and O–H groups in total. The lowest BCUT2D eigenvalue weighted by Gasteiger charge is -2.25. The summed E-state index contributed by atoms with van der Waals surface area (Å²) >= 11 is 3.04. The second-order valence-corrected chi connectivity index (χ2v) is 4.85. The molecule has 1 fully saturated rings. The number of Topliss-reactive ketones (excluding diaryl/α,β-unsaturated/α-hetero) is 1. The van der Waals surface area contributed by atoms with Crippen LogP contribution in [0, 0.1) is 5.82 Å². The van der Waals surface area contributed by atoms with Crippen LogP contribution in [0.3, 0.4) is 0 Å². The van der Waals surface area contributed by atoms with Gasteiger partial charge in [0.1, 0.15) is 5.82 Å². The first-order valence-corrected chi connectivity index (χ1v) is 6.13. The summed E-state index contributed by atoms with van der Waals surface area (Å²) < 4.78 is 13.3. The molecule has 3 nitrogen and oxygen atoms in total. The fourth-order valence-corrected chi connectivity index (χ4v) is 2.20. The number of rotatable bonds is 1. The Labute approximate surface area is 107 Å². The third kappa shape index (κ3) is 2.72. The first-order valence-electron chi connectivity index (χ1n) is 5.34. The van der Waals surface area contributed by atoms with Crippen LogP contribution in [0.1, 0.15) is 23.2 Å². The summed E-state index contributed by atoms with van der Waals surface area (Å²) in [4.78, 5) is 24.8. The normalized spacial score (nSPS) is 16.1. The molecule has 17 heavy (non-hydrogen) atoms. The van der Waals surface area contributed by atoms with E-state index in [-0.39, 0.29) is 22.7 Å². The van der Waals surface area contributed by atoms with Crippen LogP contribution >= 0.6 is 15.9 Å². The monoisotopic (exact) mass is 299 g/mol. The number of hydrogen-bond acceptors (Lipinski definition) is 2. The van der Waals surface area contributed by atoms with E-state index in [1.54, 1.807) is 0 Å². The van der Waals surface area contributed by atoms with Crippen molar-refractivity contribution in [3.63, 3.8) is 0 Å². The molecule has 0 saturated carbocycles. The van der Waals surface area contributed by atoms with Gasteiger partial charge in [0, 0.05) is 18.5 Å². The van der Waals surface area contributed by atoms with E-state index in [2.05, 4.69) is 15.9 Å². The maximum Gasteiger partial charge on any atom is 0.254 e. The van der Waals surface area contributed by atoms with E-state index in [9.17, 15) is 14.0 Å². The number of benzene rings is 1. The Balaban J connectivity index is 2.18. The van der Waals surface area contributed by atoms with E-state index < -0.39 is 5.82 Å². The van der Waals surface area contributed by atoms with E-state index >= 15 is 0 Å². The Morgan fingerprint density at radius 1 is 1.41 bits per heavy atom. The van der Waals surface area contributed by atoms with Crippen LogP contribution in [-0.2, 0) is 4.79 Å². The fraction of sp³-hybridized carbons (Fsp3) is 0.333. The third-order valence-electron chi connectivity index (χ3n) is 2.70. The number of carbonyl (C=O) groups is 2. The lowest BCUT2D eigenvalue weighted by atomic mass is 10.1. The van der Waals surface area contributed by atoms with Gasteiger partial charge in [0.25, 0.3) is 5.91 Å². The van der Waals surface area contributed by atoms with Crippen LogP contribution in [0.15, 0.2) is 22.7 Å². The molecule has 0 aromatic heterocycles. The summed E-state index contributed by atoms with van der Waals surface area (Å²) in [6.45, 7) is 0.743. The van der Waals surface area contributed by atoms with Gasteiger partial charge in [-0.05, 0) is 40.5 Å². The lowest BCUT2D eigenvalue weighted by molar-refractivity contribution is -0.121. The van der Waals surface area contributed by atoms with E-state index in [0.29, 0.717) is 24.9 Å². The highest BCUT2D eigenvalue weighted by Crippen LogP contribution is 2.19. The molecule has 1 amide bonds. The minimum absolute atomic E-state index is 0.0748. The third-order valence-corrected chi connectivity index (χ3v) is 3.31. The number of amides is 1. The van der Waals surface area contributed by atoms with Gasteiger partial charge in [-0.3, -0.25) is 9.59 Å². The summed E-state index contributed by atoms with van der Waals surface area (Å²) in [5.41, 5.74) is 0.396. The van der Waals surface area contributed by atoms with E-state index in [0.717, 1.165) is 0 Å². The molecule has 5 heteroatoms. The second-order valence-electron chi connectivity index (χ2n) is 4.00. The van der Waals surface area contributed by atoms with Gasteiger partial charge < -0.3 is 4.90 Å². The van der Waals surface area contributed by atoms with Gasteiger partial charge in [0.15, 0.2) is 5.78 Å². The molecule has 1 saturated heterocycles. The number of likely N-dealkylation sites (tertiary alicyclic amines) is 1. The van der Waals surface area contributed by atoms with Crippen molar-refractivity contribution in [2.45, 2.75) is 12.8 Å². The van der Waals surface area contributed by atoms with Gasteiger partial charge in [-0.1, -0.05) is 0 Å². The van der Waals surface area contributed by atoms with Gasteiger partial charge in [0.05, 0.1) is 11.0 Å². The maximum absolute atomic E-state index is 13.0. The summed E-state index contributed by atoms with van der Waals surface area (Å²) in [6, 6.07) is 4.11. The van der Waals surface area contributed by atoms with Crippen molar-refractivity contribution in [2.24, 2.45) is 0 Å². The molecule has 2 rings (SSSR count). The Kier molecular flexibility index (Phi) is 3.57. The van der Waals surface area contributed by atoms with Crippen molar-refractivity contribution in [3.05, 3.63) is 34.1 Å². The zero-order valence-electron chi connectivity index (χ0n) is 9.08. The number of hydrogen-bond donors (Lipinski definition) is 0. The molecule has 90 valence electrons. The Morgan fingerprint density at radius 2 is 2.18 bits per heavy atom. The topological polar surface area (TPSA) is 37.4 Å². The van der Waals surface area contributed by atoms with Crippen molar-refractivity contribution in [2.75, 3.05) is 13.1 Å². The summed E-state index contributed by atoms with van der Waals surface area (Å²) in [7, 11) is 0. The van der Waals surface area contributed by atoms with Crippen LogP contribution in [0.2, 0.25) is 0 Å². The summed E-state index contributed by atoms with van der Waals surface area (Å²) in [6.07, 6.45) is 1.24. The zero-order chi connectivity index (χ0) is 12.4. The molecule has 0 aliphatic carbocycles. The maximum atomic E-state index is 13.0. The molecule has 0 spiro atoms. The molecule has 1 aliphatic rings. The van der Waals surface area contributed by atoms with Crippen LogP contribution in [-0.4, -0.2) is 29.7 Å². The largest absolute Gasteiger partial charge is 0.331 e. The average Bonchev–Trinajstić information content (AvgIpc) is 2.32. The highest BCUT2D eigenvalue weighted by molar-refractivity contribution is 9.10. The molecule has 0 bridgehead atoms. The van der Waals surface area contributed by atoms with Gasteiger partial charge in [-0.2, -0.15) is 0 Å². The van der Waals surface area contributed by atoms with Crippen molar-refractivity contribution in [3.8, 4) is 0 Å². The van der Waals surface area contributed by atoms with Crippen LogP contribution in [0.25, 0.3) is 0 Å². The molecule has 1 aromatic carbocycles. The van der Waals surface area contributed by atoms with E-state index in [4.69, 9.17) is 0 Å². The Morgan fingerprint density at radius 3 is 2.82 bits per heavy atom. The Bertz CT molecular complexity index is 476. The van der Waals surface area contributed by atoms with E-state index in [1.807, 2.05) is 0 Å². The molecule has 0 atom stereocenters. The lowest BCUT2D eigenvalue weighted by Crippen LogP contribution is -2.40. The first kappa shape index (κ1) is 12.2. The number of halogens is 2. The summed E-state index contributed by atoms with van der Waals surface area (Å²) in [5.74, 6) is -0.555. The number of carbonyl (C=O) groups excluding carboxylic acids is 2. The molecule has 0 unspecified atom stereocenters. The van der Waals surface area contributed by atoms with Gasteiger partial charge >= 0.3 is 0 Å². The van der Waals surface area contributed by atoms with Crippen molar-refractivity contribution in [1.29, 1.82) is 0 Å². The second kappa shape index (κ2) is 4.96. The van der Waals surface area contributed by atoms with Crippen molar-refractivity contribution in [1.82, 2.24) is 4.90 Å². The number of piperidine rings is 1. The predicted octanol–water partition coefficient (Wildman–Crippen LogP) is 2.39.